The van der Waals surface area contributed by atoms with Crippen LogP contribution in [0.4, 0.5) is 0 Å². The van der Waals surface area contributed by atoms with Crippen LogP contribution in [0, 0.1) is 0 Å². The van der Waals surface area contributed by atoms with Crippen LogP contribution in [-0.4, -0.2) is 26.3 Å². The summed E-state index contributed by atoms with van der Waals surface area (Å²) in [6.07, 6.45) is 3.19. The number of ether oxygens (including phenoxy) is 1. The number of hydrogen-bond donors (Lipinski definition) is 1. The zero-order valence-corrected chi connectivity index (χ0v) is 13.9. The van der Waals surface area contributed by atoms with Gasteiger partial charge in [0.05, 0.1) is 17.3 Å². The monoisotopic (exact) mass is 359 g/mol. The second-order valence-corrected chi connectivity index (χ2v) is 5.58. The molecule has 0 aliphatic rings. The van der Waals surface area contributed by atoms with Gasteiger partial charge in [0.1, 0.15) is 5.75 Å². The molecule has 7 heteroatoms. The maximum Gasteiger partial charge on any atom is 0.335 e. The first kappa shape index (κ1) is 16.5. The number of nitrogens with zero attached hydrogens (tertiary/aromatic N) is 3. The Bertz CT molecular complexity index is 1080. The molecule has 132 valence electrons. The molecule has 2 aromatic carbocycles. The molecule has 0 fully saturated rings. The van der Waals surface area contributed by atoms with Gasteiger partial charge in [-0.1, -0.05) is 18.2 Å². The SMILES string of the molecule is O=C(O)c1ccc(-c2nnc(-c3ccncc3Oc3ccccc3)o2)cc1. The molecule has 4 aromatic rings. The zero-order chi connectivity index (χ0) is 18.6. The summed E-state index contributed by atoms with van der Waals surface area (Å²) in [6.45, 7) is 0. The molecule has 2 heterocycles. The van der Waals surface area contributed by atoms with Crippen LogP contribution in [0.3, 0.4) is 0 Å². The highest BCUT2D eigenvalue weighted by Crippen LogP contribution is 2.33. The standard InChI is InChI=1S/C20H13N3O4/c24-20(25)14-8-6-13(7-9-14)18-22-23-19(27-18)16-10-11-21-12-17(16)26-15-4-2-1-3-5-15/h1-12H,(H,24,25). The van der Waals surface area contributed by atoms with Gasteiger partial charge in [0.15, 0.2) is 5.75 Å². The molecule has 0 aliphatic heterocycles. The normalized spacial score (nSPS) is 10.5. The largest absolute Gasteiger partial charge is 0.478 e. The van der Waals surface area contributed by atoms with Crippen LogP contribution in [0.5, 0.6) is 11.5 Å². The highest BCUT2D eigenvalue weighted by Gasteiger charge is 2.16. The molecule has 0 unspecified atom stereocenters. The fraction of sp³-hybridized carbons (Fsp3) is 0. The molecule has 0 saturated carbocycles. The lowest BCUT2D eigenvalue weighted by molar-refractivity contribution is 0.0697. The minimum Gasteiger partial charge on any atom is -0.478 e. The van der Waals surface area contributed by atoms with Crippen LogP contribution < -0.4 is 4.74 Å². The summed E-state index contributed by atoms with van der Waals surface area (Å²) in [5.41, 5.74) is 1.42. The molecule has 27 heavy (non-hydrogen) atoms. The molecular formula is C20H13N3O4. The first-order valence-electron chi connectivity index (χ1n) is 8.05. The van der Waals surface area contributed by atoms with Gasteiger partial charge in [-0.05, 0) is 42.5 Å². The maximum atomic E-state index is 11.0. The number of pyridine rings is 1. The van der Waals surface area contributed by atoms with Crippen molar-refractivity contribution in [2.24, 2.45) is 0 Å². The minimum atomic E-state index is -0.993. The topological polar surface area (TPSA) is 98.3 Å². The van der Waals surface area contributed by atoms with Gasteiger partial charge in [-0.2, -0.15) is 0 Å². The first-order valence-corrected chi connectivity index (χ1v) is 8.05. The summed E-state index contributed by atoms with van der Waals surface area (Å²) in [5, 5.41) is 17.1. The van der Waals surface area contributed by atoms with Crippen molar-refractivity contribution in [1.82, 2.24) is 15.2 Å². The summed E-state index contributed by atoms with van der Waals surface area (Å²) in [4.78, 5) is 15.0. The third-order valence-corrected chi connectivity index (χ3v) is 3.79. The molecule has 1 N–H and O–H groups in total. The van der Waals surface area contributed by atoms with E-state index in [1.807, 2.05) is 30.3 Å². The Morgan fingerprint density at radius 1 is 0.926 bits per heavy atom. The first-order chi connectivity index (χ1) is 13.2. The van der Waals surface area contributed by atoms with Crippen LogP contribution in [0.1, 0.15) is 10.4 Å². The van der Waals surface area contributed by atoms with E-state index < -0.39 is 5.97 Å². The molecule has 0 spiro atoms. The van der Waals surface area contributed by atoms with E-state index in [1.54, 1.807) is 30.6 Å². The van der Waals surface area contributed by atoms with Crippen molar-refractivity contribution in [2.75, 3.05) is 0 Å². The third-order valence-electron chi connectivity index (χ3n) is 3.79. The quantitative estimate of drug-likeness (QED) is 0.567. The summed E-state index contributed by atoms with van der Waals surface area (Å²) < 4.78 is 11.6. The zero-order valence-electron chi connectivity index (χ0n) is 13.9. The van der Waals surface area contributed by atoms with Crippen molar-refractivity contribution in [3.8, 4) is 34.4 Å². The Morgan fingerprint density at radius 2 is 1.67 bits per heavy atom. The molecule has 0 bridgehead atoms. The van der Waals surface area contributed by atoms with Gasteiger partial charge in [0.2, 0.25) is 5.89 Å². The lowest BCUT2D eigenvalue weighted by Crippen LogP contribution is -1.94. The fourth-order valence-corrected chi connectivity index (χ4v) is 2.46. The summed E-state index contributed by atoms with van der Waals surface area (Å²) in [6, 6.07) is 17.2. The van der Waals surface area contributed by atoms with Gasteiger partial charge in [-0.3, -0.25) is 4.98 Å². The second-order valence-electron chi connectivity index (χ2n) is 5.58. The number of carboxylic acids is 1. The van der Waals surface area contributed by atoms with E-state index in [-0.39, 0.29) is 17.3 Å². The molecule has 0 aliphatic carbocycles. The van der Waals surface area contributed by atoms with Crippen molar-refractivity contribution >= 4 is 5.97 Å². The predicted molar refractivity (Wildman–Crippen MR) is 96.4 cm³/mol. The second kappa shape index (κ2) is 7.09. The average Bonchev–Trinajstić information content (AvgIpc) is 3.19. The third kappa shape index (κ3) is 3.52. The van der Waals surface area contributed by atoms with E-state index in [0.717, 1.165) is 0 Å². The lowest BCUT2D eigenvalue weighted by Gasteiger charge is -2.07. The Kier molecular flexibility index (Phi) is 4.32. The van der Waals surface area contributed by atoms with Crippen LogP contribution in [-0.2, 0) is 0 Å². The van der Waals surface area contributed by atoms with E-state index in [0.29, 0.717) is 22.6 Å². The van der Waals surface area contributed by atoms with E-state index in [9.17, 15) is 4.79 Å². The number of para-hydroxylation sites is 1. The van der Waals surface area contributed by atoms with Gasteiger partial charge in [-0.15, -0.1) is 10.2 Å². The van der Waals surface area contributed by atoms with Gasteiger partial charge >= 0.3 is 5.97 Å². The summed E-state index contributed by atoms with van der Waals surface area (Å²) >= 11 is 0. The number of carboxylic acid groups (broad SMARTS) is 1. The Morgan fingerprint density at radius 3 is 2.41 bits per heavy atom. The van der Waals surface area contributed by atoms with Gasteiger partial charge < -0.3 is 14.3 Å². The van der Waals surface area contributed by atoms with Gasteiger partial charge in [0, 0.05) is 11.8 Å². The predicted octanol–water partition coefficient (Wildman–Crippen LogP) is 4.29. The Balaban J connectivity index is 1.64. The van der Waals surface area contributed by atoms with Crippen LogP contribution >= 0.6 is 0 Å². The molecular weight excluding hydrogens is 346 g/mol. The Labute approximate surface area is 153 Å². The highest BCUT2D eigenvalue weighted by molar-refractivity contribution is 5.88. The molecule has 0 radical (unpaired) electrons. The Hall–Kier alpha value is -4.00. The summed E-state index contributed by atoms with van der Waals surface area (Å²) in [5.74, 6) is 0.716. The number of aromatic carboxylic acids is 1. The number of carbonyl (C=O) groups is 1. The van der Waals surface area contributed by atoms with E-state index >= 15 is 0 Å². The lowest BCUT2D eigenvalue weighted by atomic mass is 10.1. The van der Waals surface area contributed by atoms with Crippen molar-refractivity contribution in [2.45, 2.75) is 0 Å². The molecule has 7 nitrogen and oxygen atoms in total. The van der Waals surface area contributed by atoms with Crippen molar-refractivity contribution in [3.63, 3.8) is 0 Å². The van der Waals surface area contributed by atoms with Crippen LogP contribution in [0.25, 0.3) is 22.9 Å². The number of rotatable bonds is 5. The summed E-state index contributed by atoms with van der Waals surface area (Å²) in [7, 11) is 0. The molecule has 0 amide bonds. The fourth-order valence-electron chi connectivity index (χ4n) is 2.46. The maximum absolute atomic E-state index is 11.0. The van der Waals surface area contributed by atoms with Crippen molar-refractivity contribution in [3.05, 3.63) is 78.6 Å². The minimum absolute atomic E-state index is 0.186. The smallest absolute Gasteiger partial charge is 0.335 e. The number of benzene rings is 2. The molecule has 0 atom stereocenters. The number of hydrogen-bond acceptors (Lipinski definition) is 6. The van der Waals surface area contributed by atoms with Gasteiger partial charge in [-0.25, -0.2) is 4.79 Å². The van der Waals surface area contributed by atoms with Crippen molar-refractivity contribution in [1.29, 1.82) is 0 Å². The van der Waals surface area contributed by atoms with Crippen LogP contribution in [0.2, 0.25) is 0 Å². The van der Waals surface area contributed by atoms with Crippen LogP contribution in [0.15, 0.2) is 77.5 Å². The van der Waals surface area contributed by atoms with Crippen molar-refractivity contribution < 1.29 is 19.1 Å². The number of aromatic nitrogens is 3. The average molecular weight is 359 g/mol. The molecule has 4 rings (SSSR count). The van der Waals surface area contributed by atoms with Gasteiger partial charge in [0.25, 0.3) is 5.89 Å². The van der Waals surface area contributed by atoms with E-state index in [1.165, 1.54) is 12.1 Å². The molecule has 0 saturated heterocycles. The van der Waals surface area contributed by atoms with E-state index in [2.05, 4.69) is 15.2 Å². The van der Waals surface area contributed by atoms with E-state index in [4.69, 9.17) is 14.3 Å². The molecule has 2 aromatic heterocycles. The highest BCUT2D eigenvalue weighted by atomic mass is 16.5.